The van der Waals surface area contributed by atoms with E-state index in [-0.39, 0.29) is 5.91 Å². The molecular formula is C14H11ClN4OS. The number of carbonyl (C=O) groups is 1. The van der Waals surface area contributed by atoms with Gasteiger partial charge in [-0.15, -0.1) is 16.4 Å². The van der Waals surface area contributed by atoms with E-state index in [0.717, 1.165) is 16.2 Å². The summed E-state index contributed by atoms with van der Waals surface area (Å²) in [6, 6.07) is 7.49. The van der Waals surface area contributed by atoms with Crippen LogP contribution in [0.2, 0.25) is 5.02 Å². The van der Waals surface area contributed by atoms with Crippen LogP contribution < -0.4 is 5.32 Å². The Balaban J connectivity index is 1.96. The number of rotatable bonds is 3. The molecule has 5 nitrogen and oxygen atoms in total. The van der Waals surface area contributed by atoms with E-state index in [1.165, 1.54) is 17.4 Å². The molecule has 7 heteroatoms. The third-order valence-electron chi connectivity index (χ3n) is 2.77. The molecule has 2 aromatic heterocycles. The Morgan fingerprint density at radius 3 is 2.86 bits per heavy atom. The summed E-state index contributed by atoms with van der Waals surface area (Å²) in [5.74, 6) is 0.0453. The number of allylic oxidation sites excluding steroid dienone is 1. The number of benzene rings is 1. The number of carbonyl (C=O) groups excluding carboxylic acids is 1. The van der Waals surface area contributed by atoms with Crippen molar-refractivity contribution in [2.75, 3.05) is 5.32 Å². The number of amides is 1. The molecule has 3 aromatic rings. The summed E-state index contributed by atoms with van der Waals surface area (Å²) in [6.45, 7) is 1.78. The van der Waals surface area contributed by atoms with Gasteiger partial charge in [-0.05, 0) is 25.1 Å². The molecule has 2 heterocycles. The topological polar surface area (TPSA) is 59.3 Å². The van der Waals surface area contributed by atoms with E-state index in [2.05, 4.69) is 15.4 Å². The van der Waals surface area contributed by atoms with Crippen LogP contribution in [0, 0.1) is 0 Å². The van der Waals surface area contributed by atoms with Gasteiger partial charge >= 0.3 is 0 Å². The molecule has 0 atom stereocenters. The van der Waals surface area contributed by atoms with E-state index in [0.29, 0.717) is 11.0 Å². The fourth-order valence-electron chi connectivity index (χ4n) is 1.86. The highest BCUT2D eigenvalue weighted by Gasteiger charge is 2.12. The van der Waals surface area contributed by atoms with Crippen molar-refractivity contribution in [1.82, 2.24) is 14.6 Å². The Morgan fingerprint density at radius 1 is 1.38 bits per heavy atom. The van der Waals surface area contributed by atoms with Crippen LogP contribution in [0.3, 0.4) is 0 Å². The van der Waals surface area contributed by atoms with Gasteiger partial charge < -0.3 is 0 Å². The fourth-order valence-corrected chi connectivity index (χ4v) is 2.81. The summed E-state index contributed by atoms with van der Waals surface area (Å²) >= 11 is 7.36. The molecule has 0 spiro atoms. The van der Waals surface area contributed by atoms with Crippen LogP contribution in [0.15, 0.2) is 41.8 Å². The molecule has 1 amide bonds. The van der Waals surface area contributed by atoms with E-state index >= 15 is 0 Å². The largest absolute Gasteiger partial charge is 0.290 e. The molecule has 0 unspecified atom stereocenters. The molecule has 106 valence electrons. The smallest absolute Gasteiger partial charge is 0.250 e. The van der Waals surface area contributed by atoms with Crippen LogP contribution in [-0.2, 0) is 4.79 Å². The van der Waals surface area contributed by atoms with Crippen molar-refractivity contribution in [1.29, 1.82) is 0 Å². The standard InChI is InChI=1S/C14H11ClN4OS/c1-2-3-12(20)16-13-17-14-19(18-13)11(8-21-14)9-4-6-10(15)7-5-9/h2-8H,1H3,(H,16,18,20)/b3-2+. The minimum Gasteiger partial charge on any atom is -0.290 e. The first-order valence-electron chi connectivity index (χ1n) is 6.21. The minimum atomic E-state index is -0.246. The SMILES string of the molecule is C/C=C/C(=O)Nc1nc2scc(-c3ccc(Cl)cc3)n2n1. The zero-order valence-corrected chi connectivity index (χ0v) is 12.6. The van der Waals surface area contributed by atoms with Gasteiger partial charge in [-0.25, -0.2) is 4.52 Å². The number of thiazole rings is 1. The lowest BCUT2D eigenvalue weighted by Crippen LogP contribution is -2.09. The molecule has 1 aromatic carbocycles. The maximum atomic E-state index is 11.5. The number of hydrogen-bond acceptors (Lipinski definition) is 4. The quantitative estimate of drug-likeness (QED) is 0.750. The maximum absolute atomic E-state index is 11.5. The number of aromatic nitrogens is 3. The Bertz CT molecular complexity index is 819. The van der Waals surface area contributed by atoms with Gasteiger partial charge in [0.15, 0.2) is 0 Å². The van der Waals surface area contributed by atoms with Crippen LogP contribution in [-0.4, -0.2) is 20.5 Å². The van der Waals surface area contributed by atoms with Crippen molar-refractivity contribution in [3.8, 4) is 11.3 Å². The van der Waals surface area contributed by atoms with E-state index in [1.807, 2.05) is 29.6 Å². The zero-order chi connectivity index (χ0) is 14.8. The molecule has 0 saturated heterocycles. The molecule has 3 rings (SSSR count). The lowest BCUT2D eigenvalue weighted by Gasteiger charge is -1.98. The molecule has 0 aliphatic heterocycles. The van der Waals surface area contributed by atoms with Crippen LogP contribution in [0.5, 0.6) is 0 Å². The second-order valence-corrected chi connectivity index (χ2v) is 5.52. The predicted molar refractivity (Wildman–Crippen MR) is 84.8 cm³/mol. The molecule has 21 heavy (non-hydrogen) atoms. The second-order valence-electron chi connectivity index (χ2n) is 4.25. The molecule has 0 bridgehead atoms. The van der Waals surface area contributed by atoms with Crippen molar-refractivity contribution in [3.63, 3.8) is 0 Å². The summed E-state index contributed by atoms with van der Waals surface area (Å²) in [5, 5.41) is 9.59. The molecule has 1 N–H and O–H groups in total. The lowest BCUT2D eigenvalue weighted by molar-refractivity contribution is -0.111. The summed E-state index contributed by atoms with van der Waals surface area (Å²) < 4.78 is 1.71. The van der Waals surface area contributed by atoms with Gasteiger partial charge in [0.2, 0.25) is 10.9 Å². The van der Waals surface area contributed by atoms with Gasteiger partial charge in [0.25, 0.3) is 5.95 Å². The number of anilines is 1. The number of hydrogen-bond donors (Lipinski definition) is 1. The number of nitrogens with one attached hydrogen (secondary N) is 1. The number of fused-ring (bicyclic) bond motifs is 1. The van der Waals surface area contributed by atoms with Gasteiger partial charge in [0.05, 0.1) is 5.69 Å². The molecule has 0 fully saturated rings. The highest BCUT2D eigenvalue weighted by molar-refractivity contribution is 7.15. The second kappa shape index (κ2) is 5.67. The van der Waals surface area contributed by atoms with Crippen LogP contribution in [0.1, 0.15) is 6.92 Å². The summed E-state index contributed by atoms with van der Waals surface area (Å²) in [5.41, 5.74) is 1.90. The van der Waals surface area contributed by atoms with Crippen molar-refractivity contribution >= 4 is 39.8 Å². The van der Waals surface area contributed by atoms with Crippen LogP contribution >= 0.6 is 22.9 Å². The molecular weight excluding hydrogens is 308 g/mol. The monoisotopic (exact) mass is 318 g/mol. The van der Waals surface area contributed by atoms with Crippen LogP contribution in [0.25, 0.3) is 16.2 Å². The first kappa shape index (κ1) is 13.8. The molecule has 0 aliphatic carbocycles. The van der Waals surface area contributed by atoms with Gasteiger partial charge in [0, 0.05) is 16.0 Å². The van der Waals surface area contributed by atoms with Gasteiger partial charge in [-0.2, -0.15) is 4.98 Å². The first-order chi connectivity index (χ1) is 10.2. The van der Waals surface area contributed by atoms with Crippen molar-refractivity contribution in [3.05, 3.63) is 46.8 Å². The first-order valence-corrected chi connectivity index (χ1v) is 7.47. The third-order valence-corrected chi connectivity index (χ3v) is 3.84. The Morgan fingerprint density at radius 2 is 2.14 bits per heavy atom. The molecule has 0 saturated carbocycles. The zero-order valence-electron chi connectivity index (χ0n) is 11.1. The summed E-state index contributed by atoms with van der Waals surface area (Å²) in [7, 11) is 0. The highest BCUT2D eigenvalue weighted by Crippen LogP contribution is 2.26. The van der Waals surface area contributed by atoms with Crippen LogP contribution in [0.4, 0.5) is 5.95 Å². The maximum Gasteiger partial charge on any atom is 0.250 e. The molecule has 0 aliphatic rings. The van der Waals surface area contributed by atoms with Crippen molar-refractivity contribution in [2.45, 2.75) is 6.92 Å². The summed E-state index contributed by atoms with van der Waals surface area (Å²) in [6.07, 6.45) is 3.09. The Hall–Kier alpha value is -2.18. The van der Waals surface area contributed by atoms with E-state index in [4.69, 9.17) is 11.6 Å². The normalized spacial score (nSPS) is 11.3. The average Bonchev–Trinajstić information content (AvgIpc) is 3.00. The average molecular weight is 319 g/mol. The number of halogens is 1. The van der Waals surface area contributed by atoms with E-state index in [9.17, 15) is 4.79 Å². The van der Waals surface area contributed by atoms with Gasteiger partial charge in [0.1, 0.15) is 0 Å². The van der Waals surface area contributed by atoms with E-state index in [1.54, 1.807) is 17.5 Å². The predicted octanol–water partition coefficient (Wildman–Crippen LogP) is 3.63. The van der Waals surface area contributed by atoms with Crippen molar-refractivity contribution in [2.24, 2.45) is 0 Å². The minimum absolute atomic E-state index is 0.246. The van der Waals surface area contributed by atoms with Gasteiger partial charge in [-0.1, -0.05) is 29.8 Å². The lowest BCUT2D eigenvalue weighted by atomic mass is 10.2. The van der Waals surface area contributed by atoms with E-state index < -0.39 is 0 Å². The van der Waals surface area contributed by atoms with Crippen molar-refractivity contribution < 1.29 is 4.79 Å². The molecule has 0 radical (unpaired) electrons. The highest BCUT2D eigenvalue weighted by atomic mass is 35.5. The number of nitrogens with zero attached hydrogens (tertiary/aromatic N) is 3. The summed E-state index contributed by atoms with van der Waals surface area (Å²) in [4.78, 5) is 16.5. The third kappa shape index (κ3) is 2.81. The fraction of sp³-hybridized carbons (Fsp3) is 0.0714. The Labute approximate surface area is 129 Å². The Kier molecular flexibility index (Phi) is 3.72. The van der Waals surface area contributed by atoms with Gasteiger partial charge in [-0.3, -0.25) is 10.1 Å².